The number of halogens is 3. The van der Waals surface area contributed by atoms with Gasteiger partial charge in [-0.3, -0.25) is 4.90 Å². The van der Waals surface area contributed by atoms with E-state index in [1.54, 1.807) is 24.3 Å². The predicted octanol–water partition coefficient (Wildman–Crippen LogP) is 1.77. The summed E-state index contributed by atoms with van der Waals surface area (Å²) < 4.78 is 40.4. The largest absolute Gasteiger partial charge is 0.404 e. The van der Waals surface area contributed by atoms with Crippen LogP contribution in [0.1, 0.15) is 18.7 Å². The highest BCUT2D eigenvalue weighted by Gasteiger charge is 2.46. The van der Waals surface area contributed by atoms with Gasteiger partial charge in [0.15, 0.2) is 5.82 Å². The Morgan fingerprint density at radius 2 is 1.95 bits per heavy atom. The van der Waals surface area contributed by atoms with Crippen molar-refractivity contribution in [3.05, 3.63) is 30.1 Å². The second-order valence-electron chi connectivity index (χ2n) is 5.27. The molecule has 0 unspecified atom stereocenters. The fourth-order valence-electron chi connectivity index (χ4n) is 2.69. The topological polar surface area (TPSA) is 72.9 Å². The van der Waals surface area contributed by atoms with Crippen molar-refractivity contribution >= 4 is 5.69 Å². The van der Waals surface area contributed by atoms with E-state index in [0.29, 0.717) is 30.2 Å². The lowest BCUT2D eigenvalue weighted by atomic mass is 10.2. The molecule has 118 valence electrons. The third kappa shape index (κ3) is 2.89. The van der Waals surface area contributed by atoms with Crippen LogP contribution in [0.3, 0.4) is 0 Å². The van der Waals surface area contributed by atoms with Gasteiger partial charge in [0.05, 0.1) is 12.2 Å². The summed E-state index contributed by atoms with van der Waals surface area (Å²) in [4.78, 5) is 1.37. The number of hydrogen-bond acceptors (Lipinski definition) is 5. The predicted molar refractivity (Wildman–Crippen MR) is 73.1 cm³/mol. The third-order valence-corrected chi connectivity index (χ3v) is 3.76. The Balaban J connectivity index is 1.82. The zero-order chi connectivity index (χ0) is 15.7. The summed E-state index contributed by atoms with van der Waals surface area (Å²) in [5, 5.41) is 11.3. The van der Waals surface area contributed by atoms with Gasteiger partial charge >= 0.3 is 6.18 Å². The summed E-state index contributed by atoms with van der Waals surface area (Å²) >= 11 is 0. The number of rotatable bonds is 3. The molecule has 1 aliphatic rings. The highest BCUT2D eigenvalue weighted by atomic mass is 19.4. The number of nitrogens with zero attached hydrogens (tertiary/aromatic N) is 5. The minimum atomic E-state index is -4.23. The first kappa shape index (κ1) is 14.8. The number of benzene rings is 1. The SMILES string of the molecule is Nc1ccc(-n2nnnc2CN2CCC[C@H]2C(F)(F)F)cc1. The average Bonchev–Trinajstić information content (AvgIpc) is 3.09. The van der Waals surface area contributed by atoms with E-state index in [0.717, 1.165) is 0 Å². The van der Waals surface area contributed by atoms with Gasteiger partial charge in [0, 0.05) is 5.69 Å². The van der Waals surface area contributed by atoms with Crippen LogP contribution in [0, 0.1) is 0 Å². The molecule has 0 bridgehead atoms. The van der Waals surface area contributed by atoms with E-state index in [2.05, 4.69) is 15.5 Å². The maximum atomic E-state index is 13.0. The van der Waals surface area contributed by atoms with Gasteiger partial charge in [0.25, 0.3) is 0 Å². The smallest absolute Gasteiger partial charge is 0.399 e. The van der Waals surface area contributed by atoms with Gasteiger partial charge in [0.1, 0.15) is 6.04 Å². The molecule has 0 amide bonds. The number of nitrogen functional groups attached to an aromatic ring is 1. The number of hydrogen-bond donors (Lipinski definition) is 1. The zero-order valence-electron chi connectivity index (χ0n) is 11.7. The maximum Gasteiger partial charge on any atom is 0.404 e. The van der Waals surface area contributed by atoms with Crippen molar-refractivity contribution in [1.29, 1.82) is 0 Å². The van der Waals surface area contributed by atoms with Gasteiger partial charge in [-0.2, -0.15) is 17.9 Å². The molecule has 1 fully saturated rings. The van der Waals surface area contributed by atoms with Crippen molar-refractivity contribution < 1.29 is 13.2 Å². The Morgan fingerprint density at radius 3 is 2.64 bits per heavy atom. The van der Waals surface area contributed by atoms with E-state index in [9.17, 15) is 13.2 Å². The van der Waals surface area contributed by atoms with Crippen LogP contribution < -0.4 is 5.73 Å². The van der Waals surface area contributed by atoms with Crippen LogP contribution >= 0.6 is 0 Å². The maximum absolute atomic E-state index is 13.0. The quantitative estimate of drug-likeness (QED) is 0.875. The number of tetrazole rings is 1. The molecular weight excluding hydrogens is 297 g/mol. The second kappa shape index (κ2) is 5.56. The molecule has 1 atom stereocenters. The Bertz CT molecular complexity index is 636. The number of nitrogens with two attached hydrogens (primary N) is 1. The minimum Gasteiger partial charge on any atom is -0.399 e. The molecule has 0 radical (unpaired) electrons. The lowest BCUT2D eigenvalue weighted by Gasteiger charge is -2.25. The molecular formula is C13H15F3N6. The normalized spacial score (nSPS) is 19.7. The molecule has 1 aromatic carbocycles. The monoisotopic (exact) mass is 312 g/mol. The van der Waals surface area contributed by atoms with Crippen LogP contribution in [0.2, 0.25) is 0 Å². The number of alkyl halides is 3. The summed E-state index contributed by atoms with van der Waals surface area (Å²) in [6.45, 7) is 0.445. The molecule has 2 N–H and O–H groups in total. The number of likely N-dealkylation sites (tertiary alicyclic amines) is 1. The number of aromatic nitrogens is 4. The molecule has 2 aromatic rings. The van der Waals surface area contributed by atoms with Gasteiger partial charge in [0.2, 0.25) is 0 Å². The first-order valence-corrected chi connectivity index (χ1v) is 6.89. The standard InChI is InChI=1S/C13H15F3N6/c14-13(15,16)11-2-1-7-21(11)8-12-18-19-20-22(12)10-5-3-9(17)4-6-10/h3-6,11H,1-2,7-8,17H2/t11-/m0/s1. The van der Waals surface area contributed by atoms with Crippen LogP contribution in [0.4, 0.5) is 18.9 Å². The molecule has 6 nitrogen and oxygen atoms in total. The summed E-state index contributed by atoms with van der Waals surface area (Å²) in [7, 11) is 0. The first-order valence-electron chi connectivity index (χ1n) is 6.89. The number of anilines is 1. The lowest BCUT2D eigenvalue weighted by molar-refractivity contribution is -0.177. The zero-order valence-corrected chi connectivity index (χ0v) is 11.7. The molecule has 1 saturated heterocycles. The van der Waals surface area contributed by atoms with Gasteiger partial charge in [-0.25, -0.2) is 0 Å². The molecule has 0 spiro atoms. The minimum absolute atomic E-state index is 0.0571. The summed E-state index contributed by atoms with van der Waals surface area (Å²) in [5.41, 5.74) is 6.88. The summed E-state index contributed by atoms with van der Waals surface area (Å²) in [6, 6.07) is 5.40. The Kier molecular flexibility index (Phi) is 3.73. The second-order valence-corrected chi connectivity index (χ2v) is 5.27. The first-order chi connectivity index (χ1) is 10.4. The van der Waals surface area contributed by atoms with Gasteiger partial charge in [-0.1, -0.05) is 0 Å². The van der Waals surface area contributed by atoms with Crippen LogP contribution in [0.5, 0.6) is 0 Å². The Morgan fingerprint density at radius 1 is 1.23 bits per heavy atom. The molecule has 1 aliphatic heterocycles. The molecule has 3 rings (SSSR count). The molecule has 0 aliphatic carbocycles. The van der Waals surface area contributed by atoms with E-state index < -0.39 is 12.2 Å². The van der Waals surface area contributed by atoms with Crippen LogP contribution in [-0.4, -0.2) is 43.9 Å². The molecule has 0 saturated carbocycles. The van der Waals surface area contributed by atoms with Crippen LogP contribution in [0.25, 0.3) is 5.69 Å². The molecule has 9 heteroatoms. The van der Waals surface area contributed by atoms with Gasteiger partial charge in [-0.05, 0) is 54.1 Å². The van der Waals surface area contributed by atoms with Crippen molar-refractivity contribution in [2.75, 3.05) is 12.3 Å². The van der Waals surface area contributed by atoms with E-state index in [1.165, 1.54) is 9.58 Å². The van der Waals surface area contributed by atoms with Gasteiger partial charge in [-0.15, -0.1) is 5.10 Å². The van der Waals surface area contributed by atoms with E-state index >= 15 is 0 Å². The van der Waals surface area contributed by atoms with Gasteiger partial charge < -0.3 is 5.73 Å². The molecule has 1 aromatic heterocycles. The van der Waals surface area contributed by atoms with Crippen LogP contribution in [-0.2, 0) is 6.54 Å². The highest BCUT2D eigenvalue weighted by Crippen LogP contribution is 2.33. The van der Waals surface area contributed by atoms with E-state index in [-0.39, 0.29) is 13.0 Å². The fourth-order valence-corrected chi connectivity index (χ4v) is 2.69. The van der Waals surface area contributed by atoms with Crippen molar-refractivity contribution in [3.8, 4) is 5.69 Å². The van der Waals surface area contributed by atoms with Crippen molar-refractivity contribution in [2.24, 2.45) is 0 Å². The van der Waals surface area contributed by atoms with Crippen LogP contribution in [0.15, 0.2) is 24.3 Å². The Hall–Kier alpha value is -2.16. The summed E-state index contributed by atoms with van der Waals surface area (Å²) in [5.74, 6) is 0.376. The highest BCUT2D eigenvalue weighted by molar-refractivity contribution is 5.44. The van der Waals surface area contributed by atoms with Crippen molar-refractivity contribution in [3.63, 3.8) is 0 Å². The fraction of sp³-hybridized carbons (Fsp3) is 0.462. The third-order valence-electron chi connectivity index (χ3n) is 3.76. The molecule has 22 heavy (non-hydrogen) atoms. The lowest BCUT2D eigenvalue weighted by Crippen LogP contribution is -2.41. The van der Waals surface area contributed by atoms with E-state index in [1.807, 2.05) is 0 Å². The Labute approximate surface area is 124 Å². The van der Waals surface area contributed by atoms with E-state index in [4.69, 9.17) is 5.73 Å². The van der Waals surface area contributed by atoms with Crippen molar-refractivity contribution in [2.45, 2.75) is 31.6 Å². The average molecular weight is 312 g/mol. The summed E-state index contributed by atoms with van der Waals surface area (Å²) in [6.07, 6.45) is -3.59. The van der Waals surface area contributed by atoms with Crippen molar-refractivity contribution in [1.82, 2.24) is 25.1 Å². The molecule has 2 heterocycles.